The fourth-order valence-corrected chi connectivity index (χ4v) is 5.46. The summed E-state index contributed by atoms with van der Waals surface area (Å²) in [6, 6.07) is 9.71. The van der Waals surface area contributed by atoms with E-state index in [1.165, 1.54) is 28.6 Å². The number of hydrogen-bond acceptors (Lipinski definition) is 9. The van der Waals surface area contributed by atoms with Gasteiger partial charge >= 0.3 is 0 Å². The standard InChI is InChI=1S/C22H22N4O3S2/c1-12-4-9-17-15(10-12)11-18(31-17)21-25-26-22(29-21)30-13(2)19-23-24-20(28-19)14-5-7-16(27-3)8-6-14/h5-8,11-13H,4,9-10H2,1-3H3/t12-,13+/m0/s1. The number of aromatic nitrogens is 4. The van der Waals surface area contributed by atoms with E-state index in [-0.39, 0.29) is 5.25 Å². The van der Waals surface area contributed by atoms with Crippen molar-refractivity contribution in [2.75, 3.05) is 7.11 Å². The summed E-state index contributed by atoms with van der Waals surface area (Å²) >= 11 is 3.18. The Morgan fingerprint density at radius 2 is 1.90 bits per heavy atom. The molecule has 3 heterocycles. The van der Waals surface area contributed by atoms with Crippen LogP contribution in [0, 0.1) is 5.92 Å². The third kappa shape index (κ3) is 4.24. The summed E-state index contributed by atoms with van der Waals surface area (Å²) in [5, 5.41) is 17.2. The molecule has 7 nitrogen and oxygen atoms in total. The molecule has 0 fully saturated rings. The van der Waals surface area contributed by atoms with Gasteiger partial charge in [-0.2, -0.15) is 0 Å². The normalized spacial score (nSPS) is 16.8. The molecule has 0 amide bonds. The molecule has 0 unspecified atom stereocenters. The molecule has 0 radical (unpaired) electrons. The van der Waals surface area contributed by atoms with Crippen LogP contribution in [0.25, 0.3) is 22.2 Å². The van der Waals surface area contributed by atoms with Gasteiger partial charge in [-0.3, -0.25) is 0 Å². The molecule has 0 saturated heterocycles. The summed E-state index contributed by atoms with van der Waals surface area (Å²) < 4.78 is 17.0. The fourth-order valence-electron chi connectivity index (χ4n) is 3.62. The van der Waals surface area contributed by atoms with E-state index in [1.54, 1.807) is 18.4 Å². The van der Waals surface area contributed by atoms with Crippen molar-refractivity contribution < 1.29 is 13.6 Å². The maximum atomic E-state index is 5.93. The SMILES string of the molecule is COc1ccc(-c2nnc([C@@H](C)Sc3nnc(-c4cc5c(s4)CC[C@H](C)C5)o3)o2)cc1. The molecule has 0 saturated carbocycles. The molecule has 1 aliphatic rings. The van der Waals surface area contributed by atoms with Gasteiger partial charge in [-0.25, -0.2) is 0 Å². The number of nitrogens with zero attached hydrogens (tertiary/aromatic N) is 4. The molecule has 0 aliphatic heterocycles. The van der Waals surface area contributed by atoms with Crippen molar-refractivity contribution in [1.82, 2.24) is 20.4 Å². The van der Waals surface area contributed by atoms with Crippen LogP contribution in [-0.2, 0) is 12.8 Å². The van der Waals surface area contributed by atoms with Gasteiger partial charge < -0.3 is 13.6 Å². The van der Waals surface area contributed by atoms with E-state index in [1.807, 2.05) is 31.2 Å². The van der Waals surface area contributed by atoms with Gasteiger partial charge in [-0.05, 0) is 68.0 Å². The van der Waals surface area contributed by atoms with Crippen LogP contribution in [0.4, 0.5) is 0 Å². The minimum absolute atomic E-state index is 0.120. The third-order valence-corrected chi connectivity index (χ3v) is 7.50. The van der Waals surface area contributed by atoms with Crippen LogP contribution in [0.3, 0.4) is 0 Å². The highest BCUT2D eigenvalue weighted by molar-refractivity contribution is 7.99. The average molecular weight is 455 g/mol. The van der Waals surface area contributed by atoms with Crippen molar-refractivity contribution in [3.63, 3.8) is 0 Å². The van der Waals surface area contributed by atoms with Crippen LogP contribution >= 0.6 is 23.1 Å². The van der Waals surface area contributed by atoms with Crippen LogP contribution in [0.1, 0.15) is 41.8 Å². The van der Waals surface area contributed by atoms with E-state index in [9.17, 15) is 0 Å². The smallest absolute Gasteiger partial charge is 0.277 e. The van der Waals surface area contributed by atoms with Gasteiger partial charge in [0, 0.05) is 10.4 Å². The van der Waals surface area contributed by atoms with Crippen LogP contribution in [0.5, 0.6) is 5.75 Å². The van der Waals surface area contributed by atoms with Crippen LogP contribution < -0.4 is 4.74 Å². The summed E-state index contributed by atoms with van der Waals surface area (Å²) in [4.78, 5) is 2.50. The number of rotatable bonds is 6. The van der Waals surface area contributed by atoms with Gasteiger partial charge in [0.25, 0.3) is 11.1 Å². The highest BCUT2D eigenvalue weighted by Crippen LogP contribution is 2.39. The molecule has 9 heteroatoms. The van der Waals surface area contributed by atoms with Gasteiger partial charge in [0.15, 0.2) is 0 Å². The summed E-state index contributed by atoms with van der Waals surface area (Å²) in [6.45, 7) is 4.28. The number of thiophene rings is 1. The first kappa shape index (κ1) is 20.3. The summed E-state index contributed by atoms with van der Waals surface area (Å²) in [7, 11) is 1.63. The number of benzene rings is 1. The molecule has 4 aromatic rings. The second kappa shape index (κ2) is 8.47. The number of aryl methyl sites for hydroxylation is 1. The Labute approximate surface area is 188 Å². The van der Waals surface area contributed by atoms with Gasteiger partial charge in [0.05, 0.1) is 17.2 Å². The second-order valence-corrected chi connectivity index (χ2v) is 10.1. The van der Waals surface area contributed by atoms with Crippen molar-refractivity contribution >= 4 is 23.1 Å². The lowest BCUT2D eigenvalue weighted by molar-refractivity contribution is 0.415. The first-order valence-corrected chi connectivity index (χ1v) is 11.9. The molecule has 1 aromatic carbocycles. The lowest BCUT2D eigenvalue weighted by Gasteiger charge is -2.16. The predicted molar refractivity (Wildman–Crippen MR) is 119 cm³/mol. The van der Waals surface area contributed by atoms with Crippen molar-refractivity contribution in [2.24, 2.45) is 5.92 Å². The molecule has 0 spiro atoms. The lowest BCUT2D eigenvalue weighted by atomic mass is 9.90. The Morgan fingerprint density at radius 3 is 2.71 bits per heavy atom. The van der Waals surface area contributed by atoms with E-state index in [0.717, 1.165) is 34.9 Å². The number of hydrogen-bond donors (Lipinski definition) is 0. The largest absolute Gasteiger partial charge is 0.497 e. The molecule has 1 aliphatic carbocycles. The fraction of sp³-hybridized carbons (Fsp3) is 0.364. The van der Waals surface area contributed by atoms with Crippen LogP contribution in [0.15, 0.2) is 44.4 Å². The van der Waals surface area contributed by atoms with E-state index in [0.29, 0.717) is 22.9 Å². The topological polar surface area (TPSA) is 87.1 Å². The molecule has 0 N–H and O–H groups in total. The number of ether oxygens (including phenoxy) is 1. The first-order valence-electron chi connectivity index (χ1n) is 10.2. The maximum absolute atomic E-state index is 5.93. The Hall–Kier alpha value is -2.65. The highest BCUT2D eigenvalue weighted by Gasteiger charge is 2.23. The summed E-state index contributed by atoms with van der Waals surface area (Å²) in [6.07, 6.45) is 3.52. The Kier molecular flexibility index (Phi) is 5.54. The predicted octanol–water partition coefficient (Wildman–Crippen LogP) is 5.83. The second-order valence-electron chi connectivity index (χ2n) is 7.71. The van der Waals surface area contributed by atoms with Gasteiger partial charge in [-0.1, -0.05) is 18.7 Å². The zero-order valence-electron chi connectivity index (χ0n) is 17.5. The molecule has 3 aromatic heterocycles. The zero-order valence-corrected chi connectivity index (χ0v) is 19.1. The molecule has 31 heavy (non-hydrogen) atoms. The quantitative estimate of drug-likeness (QED) is 0.336. The number of methoxy groups -OCH3 is 1. The number of thioether (sulfide) groups is 1. The van der Waals surface area contributed by atoms with Crippen molar-refractivity contribution in [2.45, 2.75) is 43.6 Å². The van der Waals surface area contributed by atoms with Crippen molar-refractivity contribution in [3.05, 3.63) is 46.7 Å². The lowest BCUT2D eigenvalue weighted by Crippen LogP contribution is -2.07. The minimum atomic E-state index is -0.120. The van der Waals surface area contributed by atoms with Gasteiger partial charge in [0.1, 0.15) is 5.75 Å². The van der Waals surface area contributed by atoms with Crippen molar-refractivity contribution in [3.8, 4) is 28.0 Å². The molecule has 2 atom stereocenters. The van der Waals surface area contributed by atoms with Crippen LogP contribution in [0.2, 0.25) is 0 Å². The molecular weight excluding hydrogens is 432 g/mol. The third-order valence-electron chi connectivity index (χ3n) is 5.35. The molecule has 160 valence electrons. The van der Waals surface area contributed by atoms with Gasteiger partial charge in [-0.15, -0.1) is 31.7 Å². The van der Waals surface area contributed by atoms with E-state index in [4.69, 9.17) is 13.6 Å². The molecular formula is C22H22N4O3S2. The minimum Gasteiger partial charge on any atom is -0.497 e. The zero-order chi connectivity index (χ0) is 21.4. The van der Waals surface area contributed by atoms with Crippen molar-refractivity contribution in [1.29, 1.82) is 0 Å². The summed E-state index contributed by atoms with van der Waals surface area (Å²) in [5.74, 6) is 3.07. The molecule has 0 bridgehead atoms. The summed E-state index contributed by atoms with van der Waals surface area (Å²) in [5.41, 5.74) is 2.27. The van der Waals surface area contributed by atoms with Gasteiger partial charge in [0.2, 0.25) is 11.8 Å². The molecule has 5 rings (SSSR count). The first-order chi connectivity index (χ1) is 15.1. The Balaban J connectivity index is 1.28. The van der Waals surface area contributed by atoms with E-state index < -0.39 is 0 Å². The Bertz CT molecular complexity index is 1180. The average Bonchev–Trinajstić information content (AvgIpc) is 3.52. The van der Waals surface area contributed by atoms with E-state index in [2.05, 4.69) is 33.4 Å². The Morgan fingerprint density at radius 1 is 1.10 bits per heavy atom. The van der Waals surface area contributed by atoms with Crippen LogP contribution in [-0.4, -0.2) is 27.5 Å². The number of fused-ring (bicyclic) bond motifs is 1. The van der Waals surface area contributed by atoms with E-state index >= 15 is 0 Å². The monoisotopic (exact) mass is 454 g/mol. The highest BCUT2D eigenvalue weighted by atomic mass is 32.2. The maximum Gasteiger partial charge on any atom is 0.277 e.